The van der Waals surface area contributed by atoms with E-state index in [4.69, 9.17) is 11.6 Å². The van der Waals surface area contributed by atoms with E-state index >= 15 is 0 Å². The summed E-state index contributed by atoms with van der Waals surface area (Å²) in [5, 5.41) is 1.29. The van der Waals surface area contributed by atoms with Gasteiger partial charge in [-0.1, -0.05) is 23.4 Å². The molecule has 5 heteroatoms. The largest absolute Gasteiger partial charge is 0.298 e. The summed E-state index contributed by atoms with van der Waals surface area (Å²) >= 11 is 7.19. The molecule has 1 heterocycles. The molecule has 1 aromatic heterocycles. The lowest BCUT2D eigenvalue weighted by Gasteiger charge is -2.03. The van der Waals surface area contributed by atoms with Crippen LogP contribution in [0.4, 0.5) is 0 Å². The van der Waals surface area contributed by atoms with E-state index in [1.54, 1.807) is 36.8 Å². The van der Waals surface area contributed by atoms with Crippen molar-refractivity contribution in [2.45, 2.75) is 9.92 Å². The Bertz CT molecular complexity index is 505. The number of aromatic nitrogens is 2. The van der Waals surface area contributed by atoms with Crippen molar-refractivity contribution in [3.63, 3.8) is 0 Å². The highest BCUT2D eigenvalue weighted by Gasteiger charge is 2.05. The maximum Gasteiger partial charge on any atom is 0.151 e. The number of hydrogen-bond acceptors (Lipinski definition) is 4. The molecule has 0 aliphatic heterocycles. The van der Waals surface area contributed by atoms with Gasteiger partial charge in [-0.3, -0.25) is 9.78 Å². The molecule has 0 atom stereocenters. The van der Waals surface area contributed by atoms with Crippen LogP contribution in [0.2, 0.25) is 5.02 Å². The van der Waals surface area contributed by atoms with Crippen LogP contribution in [0.3, 0.4) is 0 Å². The van der Waals surface area contributed by atoms with Crippen molar-refractivity contribution in [1.29, 1.82) is 0 Å². The van der Waals surface area contributed by atoms with Gasteiger partial charge in [-0.05, 0) is 18.2 Å². The Balaban J connectivity index is 2.31. The van der Waals surface area contributed by atoms with Crippen LogP contribution >= 0.6 is 23.4 Å². The van der Waals surface area contributed by atoms with Gasteiger partial charge in [0.2, 0.25) is 0 Å². The van der Waals surface area contributed by atoms with Gasteiger partial charge >= 0.3 is 0 Å². The van der Waals surface area contributed by atoms with Crippen molar-refractivity contribution in [3.05, 3.63) is 47.4 Å². The van der Waals surface area contributed by atoms with Crippen molar-refractivity contribution in [1.82, 2.24) is 9.97 Å². The third-order valence-corrected chi connectivity index (χ3v) is 3.10. The van der Waals surface area contributed by atoms with Crippen LogP contribution in [0.25, 0.3) is 0 Å². The second kappa shape index (κ2) is 5.09. The summed E-state index contributed by atoms with van der Waals surface area (Å²) in [5.41, 5.74) is 0.558. The number of hydrogen-bond donors (Lipinski definition) is 0. The third-order valence-electron chi connectivity index (χ3n) is 1.85. The second-order valence-corrected chi connectivity index (χ2v) is 4.44. The van der Waals surface area contributed by atoms with E-state index in [-0.39, 0.29) is 0 Å². The molecule has 2 aromatic rings. The SMILES string of the molecule is O=Cc1cc(Cl)ccc1Sc1cnccn1. The van der Waals surface area contributed by atoms with E-state index in [9.17, 15) is 4.79 Å². The first kappa shape index (κ1) is 11.1. The van der Waals surface area contributed by atoms with Gasteiger partial charge in [0.05, 0.1) is 6.20 Å². The molecule has 0 saturated carbocycles. The lowest BCUT2D eigenvalue weighted by Crippen LogP contribution is -1.87. The number of nitrogens with zero attached hydrogens (tertiary/aromatic N) is 2. The summed E-state index contributed by atoms with van der Waals surface area (Å²) < 4.78 is 0. The van der Waals surface area contributed by atoms with Gasteiger partial charge in [-0.2, -0.15) is 0 Å². The van der Waals surface area contributed by atoms with Crippen molar-refractivity contribution in [2.75, 3.05) is 0 Å². The predicted molar refractivity (Wildman–Crippen MR) is 63.0 cm³/mol. The minimum Gasteiger partial charge on any atom is -0.298 e. The molecule has 1 aromatic carbocycles. The molecule has 0 saturated heterocycles. The number of carbonyl (C=O) groups is 1. The first-order valence-corrected chi connectivity index (χ1v) is 5.67. The van der Waals surface area contributed by atoms with Crippen LogP contribution in [0, 0.1) is 0 Å². The maximum atomic E-state index is 10.9. The van der Waals surface area contributed by atoms with Gasteiger partial charge < -0.3 is 0 Å². The summed E-state index contributed by atoms with van der Waals surface area (Å²) in [7, 11) is 0. The predicted octanol–water partition coefficient (Wildman–Crippen LogP) is 3.09. The normalized spacial score (nSPS) is 10.1. The summed E-state index contributed by atoms with van der Waals surface area (Å²) in [5.74, 6) is 0. The Morgan fingerprint density at radius 1 is 1.31 bits per heavy atom. The third kappa shape index (κ3) is 2.59. The molecule has 0 unspecified atom stereocenters. The number of benzene rings is 1. The fourth-order valence-corrected chi connectivity index (χ4v) is 2.15. The van der Waals surface area contributed by atoms with Gasteiger partial charge in [0.15, 0.2) is 6.29 Å². The molecule has 0 fully saturated rings. The minimum absolute atomic E-state index is 0.547. The number of aldehydes is 1. The Kier molecular flexibility index (Phi) is 3.54. The van der Waals surface area contributed by atoms with E-state index in [0.29, 0.717) is 10.6 Å². The summed E-state index contributed by atoms with van der Waals surface area (Å²) in [6.45, 7) is 0. The Morgan fingerprint density at radius 2 is 2.19 bits per heavy atom. The summed E-state index contributed by atoms with van der Waals surface area (Å²) in [6.07, 6.45) is 5.64. The summed E-state index contributed by atoms with van der Waals surface area (Å²) in [4.78, 5) is 19.8. The molecule has 0 spiro atoms. The Labute approximate surface area is 102 Å². The van der Waals surface area contributed by atoms with E-state index in [2.05, 4.69) is 9.97 Å². The molecule has 16 heavy (non-hydrogen) atoms. The van der Waals surface area contributed by atoms with Gasteiger partial charge in [0.25, 0.3) is 0 Å². The van der Waals surface area contributed by atoms with Gasteiger partial charge in [0, 0.05) is 27.9 Å². The molecule has 0 amide bonds. The number of rotatable bonds is 3. The van der Waals surface area contributed by atoms with Gasteiger partial charge in [-0.25, -0.2) is 4.98 Å². The molecule has 3 nitrogen and oxygen atoms in total. The maximum absolute atomic E-state index is 10.9. The standard InChI is InChI=1S/C11H7ClN2OS/c12-9-1-2-10(8(5-9)7-15)16-11-6-13-3-4-14-11/h1-7H. The zero-order valence-corrected chi connectivity index (χ0v) is 9.70. The van der Waals surface area contributed by atoms with Crippen LogP contribution in [0.5, 0.6) is 0 Å². The molecule has 0 aliphatic carbocycles. The molecular weight excluding hydrogens is 244 g/mol. The van der Waals surface area contributed by atoms with Crippen LogP contribution in [0.15, 0.2) is 46.7 Å². The average Bonchev–Trinajstić information content (AvgIpc) is 2.33. The molecular formula is C11H7ClN2OS. The first-order chi connectivity index (χ1) is 7.79. The van der Waals surface area contributed by atoms with Crippen LogP contribution in [-0.4, -0.2) is 16.3 Å². The van der Waals surface area contributed by atoms with Crippen molar-refractivity contribution < 1.29 is 4.79 Å². The minimum atomic E-state index is 0.547. The van der Waals surface area contributed by atoms with Crippen molar-refractivity contribution >= 4 is 29.6 Å². The summed E-state index contributed by atoms with van der Waals surface area (Å²) in [6, 6.07) is 5.17. The van der Waals surface area contributed by atoms with E-state index in [1.165, 1.54) is 11.8 Å². The van der Waals surface area contributed by atoms with Crippen molar-refractivity contribution in [2.24, 2.45) is 0 Å². The van der Waals surface area contributed by atoms with Crippen LogP contribution in [-0.2, 0) is 0 Å². The monoisotopic (exact) mass is 250 g/mol. The molecule has 0 N–H and O–H groups in total. The quantitative estimate of drug-likeness (QED) is 0.785. The molecule has 80 valence electrons. The lowest BCUT2D eigenvalue weighted by atomic mass is 10.2. The fourth-order valence-electron chi connectivity index (χ4n) is 1.16. The Morgan fingerprint density at radius 3 is 2.88 bits per heavy atom. The van der Waals surface area contributed by atoms with Crippen LogP contribution in [0.1, 0.15) is 10.4 Å². The molecule has 2 rings (SSSR count). The van der Waals surface area contributed by atoms with Gasteiger partial charge in [-0.15, -0.1) is 0 Å². The van der Waals surface area contributed by atoms with E-state index in [0.717, 1.165) is 16.2 Å². The number of carbonyl (C=O) groups excluding carboxylic acids is 1. The highest BCUT2D eigenvalue weighted by molar-refractivity contribution is 7.99. The smallest absolute Gasteiger partial charge is 0.151 e. The molecule has 0 bridgehead atoms. The van der Waals surface area contributed by atoms with Gasteiger partial charge in [0.1, 0.15) is 5.03 Å². The lowest BCUT2D eigenvalue weighted by molar-refractivity contribution is 0.112. The van der Waals surface area contributed by atoms with Crippen LogP contribution < -0.4 is 0 Å². The second-order valence-electron chi connectivity index (χ2n) is 2.95. The highest BCUT2D eigenvalue weighted by Crippen LogP contribution is 2.29. The molecule has 0 aliphatic rings. The van der Waals surface area contributed by atoms with Crippen molar-refractivity contribution in [3.8, 4) is 0 Å². The topological polar surface area (TPSA) is 42.9 Å². The molecule has 0 radical (unpaired) electrons. The fraction of sp³-hybridized carbons (Fsp3) is 0. The first-order valence-electron chi connectivity index (χ1n) is 4.48. The highest BCUT2D eigenvalue weighted by atomic mass is 35.5. The zero-order valence-electron chi connectivity index (χ0n) is 8.13. The van der Waals surface area contributed by atoms with E-state index in [1.807, 2.05) is 0 Å². The zero-order chi connectivity index (χ0) is 11.4. The Hall–Kier alpha value is -1.39. The van der Waals surface area contributed by atoms with E-state index < -0.39 is 0 Å². The number of halogens is 1. The average molecular weight is 251 g/mol.